The number of nitrogens with one attached hydrogen (secondary N) is 2. The molecule has 2 amide bonds. The Morgan fingerprint density at radius 3 is 2.68 bits per heavy atom. The molecule has 0 aromatic carbocycles. The average Bonchev–Trinajstić information content (AvgIpc) is 3.00. The Kier molecular flexibility index (Phi) is 4.25. The van der Waals surface area contributed by atoms with Gasteiger partial charge >= 0.3 is 6.03 Å². The van der Waals surface area contributed by atoms with Crippen molar-refractivity contribution in [3.63, 3.8) is 0 Å². The fraction of sp³-hybridized carbons (Fsp3) is 0.933. The van der Waals surface area contributed by atoms with Crippen molar-refractivity contribution in [1.82, 2.24) is 10.6 Å². The van der Waals surface area contributed by atoms with Gasteiger partial charge < -0.3 is 10.6 Å². The number of hydrogen-bond acceptors (Lipinski definition) is 2. The van der Waals surface area contributed by atoms with E-state index in [1.165, 1.54) is 44.3 Å². The molecule has 3 rings (SSSR count). The summed E-state index contributed by atoms with van der Waals surface area (Å²) in [5, 5.41) is 6.17. The summed E-state index contributed by atoms with van der Waals surface area (Å²) in [6, 6.07) is 0.491. The predicted molar refractivity (Wildman–Crippen MR) is 80.4 cm³/mol. The van der Waals surface area contributed by atoms with Gasteiger partial charge in [0.15, 0.2) is 0 Å². The average molecular weight is 282 g/mol. The van der Waals surface area contributed by atoms with Crippen molar-refractivity contribution < 1.29 is 4.79 Å². The van der Waals surface area contributed by atoms with E-state index in [9.17, 15) is 4.79 Å². The highest BCUT2D eigenvalue weighted by Crippen LogP contribution is 2.51. The van der Waals surface area contributed by atoms with Gasteiger partial charge in [0.05, 0.1) is 0 Å². The Bertz CT molecular complexity index is 326. The molecule has 0 saturated heterocycles. The molecule has 0 aliphatic heterocycles. The van der Waals surface area contributed by atoms with Crippen molar-refractivity contribution in [1.29, 1.82) is 0 Å². The van der Waals surface area contributed by atoms with Gasteiger partial charge in [-0.2, -0.15) is 11.8 Å². The summed E-state index contributed by atoms with van der Waals surface area (Å²) < 4.78 is 0. The Morgan fingerprint density at radius 2 is 2.05 bits per heavy atom. The molecule has 3 nitrogen and oxygen atoms in total. The topological polar surface area (TPSA) is 41.1 Å². The highest BCUT2D eigenvalue weighted by atomic mass is 32.2. The second kappa shape index (κ2) is 5.94. The first-order valence-electron chi connectivity index (χ1n) is 7.79. The molecule has 0 spiro atoms. The summed E-state index contributed by atoms with van der Waals surface area (Å²) in [6.45, 7) is 0.897. The Labute approximate surface area is 120 Å². The maximum atomic E-state index is 11.8. The molecule has 3 saturated carbocycles. The third-order valence-electron chi connectivity index (χ3n) is 5.23. The van der Waals surface area contributed by atoms with Crippen LogP contribution in [0.1, 0.15) is 38.5 Å². The molecular formula is C15H26N2OS. The van der Waals surface area contributed by atoms with Gasteiger partial charge in [-0.15, -0.1) is 0 Å². The van der Waals surface area contributed by atoms with Crippen molar-refractivity contribution in [3.8, 4) is 0 Å². The van der Waals surface area contributed by atoms with E-state index >= 15 is 0 Å². The first-order chi connectivity index (χ1) is 9.26. The highest BCUT2D eigenvalue weighted by molar-refractivity contribution is 7.98. The Balaban J connectivity index is 1.24. The van der Waals surface area contributed by atoms with E-state index in [0.717, 1.165) is 30.2 Å². The van der Waals surface area contributed by atoms with Crippen molar-refractivity contribution in [3.05, 3.63) is 0 Å². The molecule has 0 aromatic rings. The van der Waals surface area contributed by atoms with Crippen LogP contribution in [-0.4, -0.2) is 30.6 Å². The maximum Gasteiger partial charge on any atom is 0.315 e. The summed E-state index contributed by atoms with van der Waals surface area (Å²) in [7, 11) is 0. The summed E-state index contributed by atoms with van der Waals surface area (Å²) >= 11 is 1.91. The molecule has 3 fully saturated rings. The van der Waals surface area contributed by atoms with Gasteiger partial charge in [-0.25, -0.2) is 4.79 Å². The number of hydrogen-bond donors (Lipinski definition) is 2. The second-order valence-electron chi connectivity index (χ2n) is 6.69. The minimum absolute atomic E-state index is 0.0619. The zero-order chi connectivity index (χ0) is 13.2. The lowest BCUT2D eigenvalue weighted by Gasteiger charge is -2.35. The number of carbonyl (C=O) groups excluding carboxylic acids is 1. The van der Waals surface area contributed by atoms with E-state index in [-0.39, 0.29) is 6.03 Å². The zero-order valence-corrected chi connectivity index (χ0v) is 12.7. The normalized spacial score (nSPS) is 37.1. The van der Waals surface area contributed by atoms with Gasteiger partial charge in [-0.1, -0.05) is 19.3 Å². The van der Waals surface area contributed by atoms with Gasteiger partial charge in [0.1, 0.15) is 0 Å². The van der Waals surface area contributed by atoms with Gasteiger partial charge in [0.25, 0.3) is 0 Å². The molecule has 0 bridgehead atoms. The third kappa shape index (κ3) is 3.39. The quantitative estimate of drug-likeness (QED) is 0.786. The maximum absolute atomic E-state index is 11.8. The van der Waals surface area contributed by atoms with Crippen LogP contribution in [0.5, 0.6) is 0 Å². The SMILES string of the molecule is CSCC1CC(NC(=O)NC[C@@H]2C[C@H]2C2CCC2)C1. The molecule has 4 heteroatoms. The number of thioether (sulfide) groups is 1. The molecule has 2 N–H and O–H groups in total. The van der Waals surface area contributed by atoms with Crippen LogP contribution in [0.15, 0.2) is 0 Å². The smallest absolute Gasteiger partial charge is 0.315 e. The van der Waals surface area contributed by atoms with Crippen molar-refractivity contribution in [2.45, 2.75) is 44.6 Å². The molecule has 19 heavy (non-hydrogen) atoms. The van der Waals surface area contributed by atoms with Crippen molar-refractivity contribution in [2.75, 3.05) is 18.6 Å². The lowest BCUT2D eigenvalue weighted by Crippen LogP contribution is -2.49. The molecule has 3 aliphatic rings. The first kappa shape index (κ1) is 13.6. The summed E-state index contributed by atoms with van der Waals surface area (Å²) in [5.74, 6) is 4.77. The predicted octanol–water partition coefficient (Wildman–Crippen LogP) is 2.86. The fourth-order valence-electron chi connectivity index (χ4n) is 3.64. The van der Waals surface area contributed by atoms with Crippen LogP contribution in [0.2, 0.25) is 0 Å². The largest absolute Gasteiger partial charge is 0.338 e. The van der Waals surface area contributed by atoms with Crippen LogP contribution in [0.4, 0.5) is 4.79 Å². The van der Waals surface area contributed by atoms with Crippen LogP contribution < -0.4 is 10.6 Å². The van der Waals surface area contributed by atoms with Gasteiger partial charge in [0, 0.05) is 12.6 Å². The van der Waals surface area contributed by atoms with Crippen molar-refractivity contribution in [2.24, 2.45) is 23.7 Å². The number of rotatable bonds is 6. The summed E-state index contributed by atoms with van der Waals surface area (Å²) in [4.78, 5) is 11.8. The molecule has 2 atom stereocenters. The lowest BCUT2D eigenvalue weighted by atomic mass is 9.81. The monoisotopic (exact) mass is 282 g/mol. The first-order valence-corrected chi connectivity index (χ1v) is 9.19. The van der Waals surface area contributed by atoms with Crippen LogP contribution in [0.25, 0.3) is 0 Å². The lowest BCUT2D eigenvalue weighted by molar-refractivity contribution is 0.210. The molecule has 3 aliphatic carbocycles. The summed E-state index contributed by atoms with van der Waals surface area (Å²) in [6.07, 6.45) is 10.1. The van der Waals surface area contributed by atoms with Gasteiger partial charge in [-0.05, 0) is 54.9 Å². The molecular weight excluding hydrogens is 256 g/mol. The minimum atomic E-state index is 0.0619. The van der Waals surface area contributed by atoms with E-state index in [1.807, 2.05) is 11.8 Å². The third-order valence-corrected chi connectivity index (χ3v) is 6.04. The molecule has 0 radical (unpaired) electrons. The Hall–Kier alpha value is -0.380. The molecule has 0 heterocycles. The molecule has 0 aromatic heterocycles. The number of urea groups is 1. The minimum Gasteiger partial charge on any atom is -0.338 e. The van der Waals surface area contributed by atoms with E-state index < -0.39 is 0 Å². The van der Waals surface area contributed by atoms with Crippen LogP contribution in [0.3, 0.4) is 0 Å². The standard InChI is InChI=1S/C15H26N2OS/c1-19-9-10-5-13(6-10)17-15(18)16-8-12-7-14(12)11-3-2-4-11/h10-14H,2-9H2,1H3,(H2,16,17,18)/t10?,12-,13?,14-/m0/s1. The second-order valence-corrected chi connectivity index (χ2v) is 7.61. The van der Waals surface area contributed by atoms with Crippen LogP contribution in [-0.2, 0) is 0 Å². The summed E-state index contributed by atoms with van der Waals surface area (Å²) in [5.41, 5.74) is 0. The van der Waals surface area contributed by atoms with Crippen LogP contribution >= 0.6 is 11.8 Å². The molecule has 0 unspecified atom stereocenters. The van der Waals surface area contributed by atoms with E-state index in [4.69, 9.17) is 0 Å². The van der Waals surface area contributed by atoms with Crippen molar-refractivity contribution >= 4 is 17.8 Å². The van der Waals surface area contributed by atoms with Gasteiger partial charge in [0.2, 0.25) is 0 Å². The van der Waals surface area contributed by atoms with E-state index in [1.54, 1.807) is 0 Å². The molecule has 108 valence electrons. The number of carbonyl (C=O) groups is 1. The highest BCUT2D eigenvalue weighted by Gasteiger charge is 2.44. The zero-order valence-electron chi connectivity index (χ0n) is 11.9. The number of amides is 2. The van der Waals surface area contributed by atoms with Gasteiger partial charge in [-0.3, -0.25) is 0 Å². The van der Waals surface area contributed by atoms with E-state index in [0.29, 0.717) is 6.04 Å². The fourth-order valence-corrected chi connectivity index (χ4v) is 4.38. The van der Waals surface area contributed by atoms with E-state index in [2.05, 4.69) is 16.9 Å². The van der Waals surface area contributed by atoms with Crippen LogP contribution in [0, 0.1) is 23.7 Å². The Morgan fingerprint density at radius 1 is 1.26 bits per heavy atom.